The Labute approximate surface area is 256 Å². The van der Waals surface area contributed by atoms with E-state index in [9.17, 15) is 14.4 Å². The van der Waals surface area contributed by atoms with Crippen molar-refractivity contribution in [3.05, 3.63) is 125 Å². The van der Waals surface area contributed by atoms with E-state index in [1.165, 1.54) is 17.3 Å². The van der Waals surface area contributed by atoms with Crippen molar-refractivity contribution in [1.82, 2.24) is 5.32 Å². The van der Waals surface area contributed by atoms with E-state index in [-0.39, 0.29) is 16.9 Å². The molecule has 3 N–H and O–H groups in total. The molecule has 4 aromatic carbocycles. The Morgan fingerprint density at radius 2 is 1.56 bits per heavy atom. The van der Waals surface area contributed by atoms with Gasteiger partial charge < -0.3 is 20.7 Å². The number of ether oxygens (including phenoxy) is 1. The first-order chi connectivity index (χ1) is 20.7. The molecule has 0 fully saturated rings. The van der Waals surface area contributed by atoms with Gasteiger partial charge in [0, 0.05) is 21.8 Å². The normalized spacial score (nSPS) is 11.8. The molecule has 220 valence electrons. The van der Waals surface area contributed by atoms with Gasteiger partial charge in [-0.2, -0.15) is 0 Å². The fourth-order valence-corrected chi connectivity index (χ4v) is 5.23. The summed E-state index contributed by atoms with van der Waals surface area (Å²) in [6.45, 7) is 6.02. The Kier molecular flexibility index (Phi) is 10.8. The van der Waals surface area contributed by atoms with E-state index in [2.05, 4.69) is 16.0 Å². The van der Waals surface area contributed by atoms with Crippen molar-refractivity contribution < 1.29 is 19.1 Å². The number of methoxy groups -OCH3 is 1. The molecule has 4 rings (SSSR count). The minimum absolute atomic E-state index is 0.0689. The van der Waals surface area contributed by atoms with Crippen LogP contribution in [0.25, 0.3) is 6.08 Å². The molecule has 0 aliphatic carbocycles. The van der Waals surface area contributed by atoms with E-state index < -0.39 is 11.8 Å². The summed E-state index contributed by atoms with van der Waals surface area (Å²) in [5.41, 5.74) is 4.75. The summed E-state index contributed by atoms with van der Waals surface area (Å²) in [6, 6.07) is 29.0. The number of carbonyl (C=O) groups excluding carboxylic acids is 3. The Hall–Kier alpha value is -4.82. The number of anilines is 2. The van der Waals surface area contributed by atoms with Crippen LogP contribution in [0.1, 0.15) is 40.4 Å². The number of amides is 3. The summed E-state index contributed by atoms with van der Waals surface area (Å²) in [6.07, 6.45) is 2.22. The van der Waals surface area contributed by atoms with Crippen LogP contribution in [0.5, 0.6) is 5.75 Å². The number of nitrogens with one attached hydrogen (secondary N) is 3. The van der Waals surface area contributed by atoms with Gasteiger partial charge in [-0.25, -0.2) is 0 Å². The molecule has 0 saturated heterocycles. The maximum atomic E-state index is 13.5. The highest BCUT2D eigenvalue weighted by Gasteiger charge is 2.20. The minimum atomic E-state index is -0.492. The quantitative estimate of drug-likeness (QED) is 0.126. The zero-order valence-corrected chi connectivity index (χ0v) is 25.5. The highest BCUT2D eigenvalue weighted by Crippen LogP contribution is 2.29. The van der Waals surface area contributed by atoms with Crippen molar-refractivity contribution in [3.8, 4) is 5.75 Å². The number of aryl methyl sites for hydroxylation is 2. The number of rotatable bonds is 11. The zero-order valence-electron chi connectivity index (χ0n) is 24.6. The molecular formula is C35H35N3O4S. The van der Waals surface area contributed by atoms with Gasteiger partial charge in [0.1, 0.15) is 11.4 Å². The van der Waals surface area contributed by atoms with Gasteiger partial charge >= 0.3 is 0 Å². The summed E-state index contributed by atoms with van der Waals surface area (Å²) in [4.78, 5) is 40.4. The third-order valence-electron chi connectivity index (χ3n) is 6.74. The van der Waals surface area contributed by atoms with Crippen LogP contribution in [0.2, 0.25) is 0 Å². The van der Waals surface area contributed by atoms with Crippen molar-refractivity contribution >= 4 is 46.9 Å². The molecule has 3 amide bonds. The molecule has 0 radical (unpaired) electrons. The van der Waals surface area contributed by atoms with Crippen LogP contribution in [-0.4, -0.2) is 30.1 Å². The first kappa shape index (κ1) is 31.1. The lowest BCUT2D eigenvalue weighted by atomic mass is 10.1. The van der Waals surface area contributed by atoms with Gasteiger partial charge in [0.25, 0.3) is 11.8 Å². The lowest BCUT2D eigenvalue weighted by Gasteiger charge is -2.16. The van der Waals surface area contributed by atoms with Crippen LogP contribution < -0.4 is 20.7 Å². The van der Waals surface area contributed by atoms with Crippen LogP contribution >= 0.6 is 11.8 Å². The second kappa shape index (κ2) is 14.9. The maximum Gasteiger partial charge on any atom is 0.272 e. The van der Waals surface area contributed by atoms with Gasteiger partial charge in [0.2, 0.25) is 5.91 Å². The van der Waals surface area contributed by atoms with Crippen molar-refractivity contribution in [3.63, 3.8) is 0 Å². The van der Waals surface area contributed by atoms with Crippen molar-refractivity contribution in [1.29, 1.82) is 0 Å². The van der Waals surface area contributed by atoms with Crippen LogP contribution in [0.3, 0.4) is 0 Å². The number of hydrogen-bond donors (Lipinski definition) is 3. The SMILES string of the molecule is CCC(Sc1cccc(NC(=O)/C(=C/c2cccc(OC)c2)NC(=O)c2ccccc2)c1)C(=O)Nc1ccc(C)c(C)c1. The van der Waals surface area contributed by atoms with Crippen molar-refractivity contribution in [2.45, 2.75) is 37.3 Å². The Morgan fingerprint density at radius 3 is 2.28 bits per heavy atom. The highest BCUT2D eigenvalue weighted by atomic mass is 32.2. The smallest absolute Gasteiger partial charge is 0.272 e. The highest BCUT2D eigenvalue weighted by molar-refractivity contribution is 8.00. The molecule has 0 heterocycles. The maximum absolute atomic E-state index is 13.5. The lowest BCUT2D eigenvalue weighted by molar-refractivity contribution is -0.116. The molecule has 0 saturated carbocycles. The molecule has 1 unspecified atom stereocenters. The van der Waals surface area contributed by atoms with Gasteiger partial charge in [-0.1, -0.05) is 49.4 Å². The third-order valence-corrected chi connectivity index (χ3v) is 8.10. The fraction of sp³-hybridized carbons (Fsp3) is 0.171. The third kappa shape index (κ3) is 8.83. The Bertz CT molecular complexity index is 1640. The summed E-state index contributed by atoms with van der Waals surface area (Å²) >= 11 is 1.43. The van der Waals surface area contributed by atoms with E-state index in [0.717, 1.165) is 16.1 Å². The Balaban J connectivity index is 1.51. The number of benzene rings is 4. The number of hydrogen-bond acceptors (Lipinski definition) is 5. The van der Waals surface area contributed by atoms with Crippen LogP contribution in [-0.2, 0) is 9.59 Å². The molecule has 1 atom stereocenters. The Morgan fingerprint density at radius 1 is 0.814 bits per heavy atom. The summed E-state index contributed by atoms with van der Waals surface area (Å²) in [5, 5.41) is 8.33. The average molecular weight is 594 g/mol. The second-order valence-electron chi connectivity index (χ2n) is 9.94. The first-order valence-electron chi connectivity index (χ1n) is 13.9. The van der Waals surface area contributed by atoms with Gasteiger partial charge in [0.05, 0.1) is 12.4 Å². The monoisotopic (exact) mass is 593 g/mol. The van der Waals surface area contributed by atoms with Crippen LogP contribution in [0, 0.1) is 13.8 Å². The van der Waals surface area contributed by atoms with Crippen LogP contribution in [0.4, 0.5) is 11.4 Å². The zero-order chi connectivity index (χ0) is 30.8. The minimum Gasteiger partial charge on any atom is -0.497 e. The summed E-state index contributed by atoms with van der Waals surface area (Å²) in [7, 11) is 1.56. The standard InChI is InChI=1S/C35H35N3O4S/c1-5-32(35(41)37-28-18-17-23(2)24(3)19-28)43-30-16-10-14-27(22-30)36-34(40)31(21-25-11-9-15-29(20-25)42-4)38-33(39)26-12-7-6-8-13-26/h6-22,32H,5H2,1-4H3,(H,36,40)(H,37,41)(H,38,39)/b31-21-. The van der Waals surface area contributed by atoms with Gasteiger partial charge in [0.15, 0.2) is 0 Å². The first-order valence-corrected chi connectivity index (χ1v) is 14.8. The number of carbonyl (C=O) groups is 3. The molecule has 0 bridgehead atoms. The topological polar surface area (TPSA) is 96.5 Å². The van der Waals surface area contributed by atoms with E-state index in [1.807, 2.05) is 69.3 Å². The predicted octanol–water partition coefficient (Wildman–Crippen LogP) is 7.23. The molecule has 0 aliphatic rings. The summed E-state index contributed by atoms with van der Waals surface area (Å²) < 4.78 is 5.31. The van der Waals surface area contributed by atoms with Crippen molar-refractivity contribution in [2.24, 2.45) is 0 Å². The second-order valence-corrected chi connectivity index (χ2v) is 11.2. The van der Waals surface area contributed by atoms with Gasteiger partial charge in [-0.3, -0.25) is 14.4 Å². The molecule has 0 aromatic heterocycles. The fourth-order valence-electron chi connectivity index (χ4n) is 4.21. The molecule has 0 aliphatic heterocycles. The van der Waals surface area contributed by atoms with E-state index >= 15 is 0 Å². The summed E-state index contributed by atoms with van der Waals surface area (Å²) in [5.74, 6) is -0.361. The molecule has 8 heteroatoms. The van der Waals surface area contributed by atoms with Crippen LogP contribution in [0.15, 0.2) is 108 Å². The molecule has 0 spiro atoms. The number of thioether (sulfide) groups is 1. The van der Waals surface area contributed by atoms with E-state index in [1.54, 1.807) is 61.7 Å². The average Bonchev–Trinajstić information content (AvgIpc) is 3.02. The molecule has 4 aromatic rings. The molecular weight excluding hydrogens is 558 g/mol. The molecule has 43 heavy (non-hydrogen) atoms. The largest absolute Gasteiger partial charge is 0.497 e. The van der Waals surface area contributed by atoms with Gasteiger partial charge in [-0.05, 0) is 97.6 Å². The lowest BCUT2D eigenvalue weighted by Crippen LogP contribution is -2.30. The van der Waals surface area contributed by atoms with Gasteiger partial charge in [-0.15, -0.1) is 11.8 Å². The van der Waals surface area contributed by atoms with Crippen molar-refractivity contribution in [2.75, 3.05) is 17.7 Å². The predicted molar refractivity (Wildman–Crippen MR) is 174 cm³/mol. The molecule has 7 nitrogen and oxygen atoms in total. The van der Waals surface area contributed by atoms with E-state index in [4.69, 9.17) is 4.74 Å². The van der Waals surface area contributed by atoms with E-state index in [0.29, 0.717) is 29.0 Å².